The quantitative estimate of drug-likeness (QED) is 0.856. The average Bonchev–Trinajstić information content (AvgIpc) is 2.62. The molecule has 5 heteroatoms. The zero-order chi connectivity index (χ0) is 15.6. The van der Waals surface area contributed by atoms with Crippen LogP contribution in [0.25, 0.3) is 0 Å². The first-order valence-corrected chi connectivity index (χ1v) is 8.60. The third-order valence-corrected chi connectivity index (χ3v) is 5.15. The van der Waals surface area contributed by atoms with Crippen molar-refractivity contribution in [1.29, 1.82) is 0 Å². The van der Waals surface area contributed by atoms with Gasteiger partial charge in [0.05, 0.1) is 26.4 Å². The summed E-state index contributed by atoms with van der Waals surface area (Å²) >= 11 is 0. The summed E-state index contributed by atoms with van der Waals surface area (Å²) < 4.78 is 11.0. The number of nitrogens with zero attached hydrogens (tertiary/aromatic N) is 1. The highest BCUT2D eigenvalue weighted by Crippen LogP contribution is 2.28. The fourth-order valence-electron chi connectivity index (χ4n) is 3.95. The molecule has 124 valence electrons. The third-order valence-electron chi connectivity index (χ3n) is 5.15. The predicted molar refractivity (Wildman–Crippen MR) is 88.1 cm³/mol. The van der Waals surface area contributed by atoms with Crippen LogP contribution in [0.1, 0.15) is 23.2 Å². The fourth-order valence-corrected chi connectivity index (χ4v) is 3.95. The molecule has 3 saturated heterocycles. The van der Waals surface area contributed by atoms with Crippen molar-refractivity contribution in [3.8, 4) is 0 Å². The number of nitrogens with one attached hydrogen (secondary N) is 1. The van der Waals surface area contributed by atoms with Crippen molar-refractivity contribution >= 4 is 11.5 Å². The summed E-state index contributed by atoms with van der Waals surface area (Å²) in [6, 6.07) is 8.80. The van der Waals surface area contributed by atoms with E-state index in [1.54, 1.807) is 0 Å². The van der Waals surface area contributed by atoms with E-state index >= 15 is 0 Å². The van der Waals surface area contributed by atoms with E-state index in [1.807, 2.05) is 12.1 Å². The topological polar surface area (TPSA) is 50.8 Å². The van der Waals surface area contributed by atoms with E-state index in [4.69, 9.17) is 9.47 Å². The predicted octanol–water partition coefficient (Wildman–Crippen LogP) is 1.47. The Morgan fingerprint density at radius 1 is 1.00 bits per heavy atom. The molecule has 2 bridgehead atoms. The molecular formula is C18H24N2O3. The smallest absolute Gasteiger partial charge is 0.166 e. The van der Waals surface area contributed by atoms with Gasteiger partial charge in [0.2, 0.25) is 0 Å². The van der Waals surface area contributed by atoms with Crippen LogP contribution in [-0.4, -0.2) is 57.4 Å². The van der Waals surface area contributed by atoms with Crippen molar-refractivity contribution in [2.45, 2.75) is 24.9 Å². The molecule has 0 radical (unpaired) electrons. The minimum atomic E-state index is 0.129. The lowest BCUT2D eigenvalue weighted by atomic mass is 9.82. The lowest BCUT2D eigenvalue weighted by molar-refractivity contribution is 0.00953. The van der Waals surface area contributed by atoms with Gasteiger partial charge in [-0.1, -0.05) is 0 Å². The van der Waals surface area contributed by atoms with Gasteiger partial charge in [0.1, 0.15) is 0 Å². The Labute approximate surface area is 136 Å². The number of Topliss-reactive ketones (excluding diaryl/α,β-unsaturated/α-hetero) is 1. The highest BCUT2D eigenvalue weighted by molar-refractivity contribution is 5.98. The first-order valence-electron chi connectivity index (χ1n) is 8.60. The van der Waals surface area contributed by atoms with E-state index in [0.29, 0.717) is 12.1 Å². The second kappa shape index (κ2) is 6.59. The summed E-state index contributed by atoms with van der Waals surface area (Å²) in [6.45, 7) is 4.86. The maximum Gasteiger partial charge on any atom is 0.166 e. The zero-order valence-corrected chi connectivity index (χ0v) is 13.4. The Hall–Kier alpha value is -1.43. The minimum Gasteiger partial charge on any atom is -0.378 e. The molecule has 4 rings (SSSR count). The van der Waals surface area contributed by atoms with Gasteiger partial charge in [-0.25, -0.2) is 0 Å². The van der Waals surface area contributed by atoms with Gasteiger partial charge >= 0.3 is 0 Å². The van der Waals surface area contributed by atoms with Gasteiger partial charge in [-0.15, -0.1) is 0 Å². The maximum atomic E-state index is 12.8. The standard InChI is InChI=1S/C18H24N2O3/c21-18(14-9-15-11-23-12-16(10-14)19-15)13-1-3-17(4-2-13)20-5-7-22-8-6-20/h1-4,14-16,19H,5-12H2. The lowest BCUT2D eigenvalue weighted by Crippen LogP contribution is -2.55. The number of ether oxygens (including phenoxy) is 2. The van der Waals surface area contributed by atoms with Crippen LogP contribution in [0.5, 0.6) is 0 Å². The molecule has 0 amide bonds. The number of piperidine rings is 1. The molecule has 0 aromatic heterocycles. The number of hydrogen-bond acceptors (Lipinski definition) is 5. The summed E-state index contributed by atoms with van der Waals surface area (Å²) in [5.41, 5.74) is 2.02. The van der Waals surface area contributed by atoms with E-state index < -0.39 is 0 Å². The van der Waals surface area contributed by atoms with Crippen molar-refractivity contribution in [1.82, 2.24) is 5.32 Å². The van der Waals surface area contributed by atoms with E-state index in [-0.39, 0.29) is 11.7 Å². The molecular weight excluding hydrogens is 292 g/mol. The van der Waals surface area contributed by atoms with E-state index in [0.717, 1.165) is 57.9 Å². The van der Waals surface area contributed by atoms with Crippen LogP contribution >= 0.6 is 0 Å². The number of anilines is 1. The monoisotopic (exact) mass is 316 g/mol. The molecule has 3 fully saturated rings. The normalized spacial score (nSPS) is 31.0. The number of rotatable bonds is 3. The number of fused-ring (bicyclic) bond motifs is 2. The molecule has 3 heterocycles. The molecule has 1 aromatic rings. The van der Waals surface area contributed by atoms with Crippen molar-refractivity contribution < 1.29 is 14.3 Å². The number of carbonyl (C=O) groups is 1. The van der Waals surface area contributed by atoms with Crippen LogP contribution in [0, 0.1) is 5.92 Å². The Morgan fingerprint density at radius 2 is 1.65 bits per heavy atom. The Kier molecular flexibility index (Phi) is 4.33. The van der Waals surface area contributed by atoms with Crippen molar-refractivity contribution in [3.05, 3.63) is 29.8 Å². The minimum absolute atomic E-state index is 0.129. The van der Waals surface area contributed by atoms with E-state index in [1.165, 1.54) is 5.69 Å². The van der Waals surface area contributed by atoms with Gasteiger partial charge in [-0.3, -0.25) is 4.79 Å². The van der Waals surface area contributed by atoms with Crippen LogP contribution in [0.3, 0.4) is 0 Å². The number of ketones is 1. The SMILES string of the molecule is O=C(c1ccc(N2CCOCC2)cc1)C1CC2COCC(C1)N2. The molecule has 1 N–H and O–H groups in total. The van der Waals surface area contributed by atoms with Crippen molar-refractivity contribution in [2.24, 2.45) is 5.92 Å². The summed E-state index contributed by atoms with van der Waals surface area (Å²) in [5, 5.41) is 3.55. The molecule has 5 nitrogen and oxygen atoms in total. The van der Waals surface area contributed by atoms with Crippen LogP contribution < -0.4 is 10.2 Å². The molecule has 0 saturated carbocycles. The van der Waals surface area contributed by atoms with E-state index in [2.05, 4.69) is 22.3 Å². The number of benzene rings is 1. The average molecular weight is 316 g/mol. The first kappa shape index (κ1) is 15.1. The maximum absolute atomic E-state index is 12.8. The molecule has 2 unspecified atom stereocenters. The largest absolute Gasteiger partial charge is 0.378 e. The second-order valence-electron chi connectivity index (χ2n) is 6.78. The van der Waals surface area contributed by atoms with Crippen LogP contribution in [-0.2, 0) is 9.47 Å². The molecule has 0 spiro atoms. The van der Waals surface area contributed by atoms with E-state index in [9.17, 15) is 4.79 Å². The molecule has 3 aliphatic heterocycles. The first-order chi connectivity index (χ1) is 11.3. The van der Waals surface area contributed by atoms with Gasteiger partial charge in [0.15, 0.2) is 5.78 Å². The van der Waals surface area contributed by atoms with Gasteiger partial charge < -0.3 is 19.7 Å². The van der Waals surface area contributed by atoms with Gasteiger partial charge in [0.25, 0.3) is 0 Å². The number of carbonyl (C=O) groups excluding carboxylic acids is 1. The summed E-state index contributed by atoms with van der Waals surface area (Å²) in [5.74, 6) is 0.418. The number of hydrogen-bond donors (Lipinski definition) is 1. The van der Waals surface area contributed by atoms with Crippen LogP contribution in [0.15, 0.2) is 24.3 Å². The fraction of sp³-hybridized carbons (Fsp3) is 0.611. The van der Waals surface area contributed by atoms with Gasteiger partial charge in [-0.05, 0) is 37.1 Å². The molecule has 2 atom stereocenters. The third kappa shape index (κ3) is 3.27. The summed E-state index contributed by atoms with van der Waals surface area (Å²) in [6.07, 6.45) is 1.78. The second-order valence-corrected chi connectivity index (χ2v) is 6.78. The lowest BCUT2D eigenvalue weighted by Gasteiger charge is -2.39. The van der Waals surface area contributed by atoms with Crippen molar-refractivity contribution in [3.63, 3.8) is 0 Å². The molecule has 3 aliphatic rings. The summed E-state index contributed by atoms with van der Waals surface area (Å²) in [7, 11) is 0. The Bertz CT molecular complexity index is 542. The van der Waals surface area contributed by atoms with Gasteiger partial charge in [-0.2, -0.15) is 0 Å². The Morgan fingerprint density at radius 3 is 2.30 bits per heavy atom. The molecule has 1 aromatic carbocycles. The highest BCUT2D eigenvalue weighted by Gasteiger charge is 2.35. The van der Waals surface area contributed by atoms with Gasteiger partial charge in [0, 0.05) is 42.3 Å². The molecule has 0 aliphatic carbocycles. The van der Waals surface area contributed by atoms with Crippen LogP contribution in [0.2, 0.25) is 0 Å². The van der Waals surface area contributed by atoms with Crippen LogP contribution in [0.4, 0.5) is 5.69 Å². The molecule has 23 heavy (non-hydrogen) atoms. The highest BCUT2D eigenvalue weighted by atomic mass is 16.5. The summed E-state index contributed by atoms with van der Waals surface area (Å²) in [4.78, 5) is 15.1. The zero-order valence-electron chi connectivity index (χ0n) is 13.4. The Balaban J connectivity index is 1.44. The van der Waals surface area contributed by atoms with Crippen molar-refractivity contribution in [2.75, 3.05) is 44.4 Å². The number of morpholine rings is 2.